The summed E-state index contributed by atoms with van der Waals surface area (Å²) in [5.41, 5.74) is 1.42. The number of thiophene rings is 1. The second kappa shape index (κ2) is 4.69. The Morgan fingerprint density at radius 2 is 2.43 bits per heavy atom. The Labute approximate surface area is 94.3 Å². The second-order valence-corrected chi connectivity index (χ2v) is 6.03. The molecule has 0 radical (unpaired) electrons. The number of hydrogen-bond donors (Lipinski definition) is 1. The molecule has 3 heteroatoms. The zero-order chi connectivity index (χ0) is 9.86. The van der Waals surface area contributed by atoms with E-state index in [0.29, 0.717) is 4.75 Å². The summed E-state index contributed by atoms with van der Waals surface area (Å²) in [6.45, 7) is 2.20. The van der Waals surface area contributed by atoms with Crippen LogP contribution in [-0.4, -0.2) is 17.5 Å². The number of nitrogens with one attached hydrogen (secondary N) is 1. The zero-order valence-electron chi connectivity index (χ0n) is 8.58. The van der Waals surface area contributed by atoms with Crippen LogP contribution in [0.4, 0.5) is 0 Å². The SMILES string of the molecule is CSC1(CNCc2ccsc2)CCC1. The van der Waals surface area contributed by atoms with Crippen molar-refractivity contribution in [2.45, 2.75) is 30.6 Å². The lowest BCUT2D eigenvalue weighted by Crippen LogP contribution is -2.43. The molecule has 14 heavy (non-hydrogen) atoms. The first-order chi connectivity index (χ1) is 6.85. The summed E-state index contributed by atoms with van der Waals surface area (Å²) in [6, 6.07) is 2.20. The van der Waals surface area contributed by atoms with Gasteiger partial charge in [0.25, 0.3) is 0 Å². The molecule has 1 aliphatic rings. The molecule has 0 unspecified atom stereocenters. The Bertz CT molecular complexity index is 259. The minimum atomic E-state index is 0.565. The second-order valence-electron chi connectivity index (χ2n) is 3.98. The normalized spacial score (nSPS) is 19.2. The molecule has 0 atom stereocenters. The van der Waals surface area contributed by atoms with Crippen molar-refractivity contribution in [2.75, 3.05) is 12.8 Å². The van der Waals surface area contributed by atoms with Gasteiger partial charge in [0.05, 0.1) is 0 Å². The molecule has 1 aromatic rings. The van der Waals surface area contributed by atoms with Crippen molar-refractivity contribution in [1.82, 2.24) is 5.32 Å². The van der Waals surface area contributed by atoms with E-state index in [9.17, 15) is 0 Å². The van der Waals surface area contributed by atoms with Gasteiger partial charge in [-0.15, -0.1) is 0 Å². The minimum absolute atomic E-state index is 0.565. The molecule has 2 rings (SSSR count). The standard InChI is InChI=1S/C11H17NS2/c1-13-11(4-2-5-11)9-12-7-10-3-6-14-8-10/h3,6,8,12H,2,4-5,7,9H2,1H3. The summed E-state index contributed by atoms with van der Waals surface area (Å²) in [5.74, 6) is 0. The maximum absolute atomic E-state index is 3.57. The molecule has 0 aliphatic heterocycles. The molecule has 1 aromatic heterocycles. The average Bonchev–Trinajstić information content (AvgIpc) is 2.62. The lowest BCUT2D eigenvalue weighted by Gasteiger charge is -2.40. The highest BCUT2D eigenvalue weighted by molar-refractivity contribution is 8.00. The van der Waals surface area contributed by atoms with Gasteiger partial charge >= 0.3 is 0 Å². The average molecular weight is 227 g/mol. The van der Waals surface area contributed by atoms with Crippen LogP contribution in [0.5, 0.6) is 0 Å². The van der Waals surface area contributed by atoms with Gasteiger partial charge in [-0.2, -0.15) is 23.1 Å². The van der Waals surface area contributed by atoms with Crippen LogP contribution in [0.15, 0.2) is 16.8 Å². The molecule has 78 valence electrons. The van der Waals surface area contributed by atoms with Crippen molar-refractivity contribution in [1.29, 1.82) is 0 Å². The molecule has 1 aliphatic carbocycles. The first-order valence-corrected chi connectivity index (χ1v) is 7.28. The quantitative estimate of drug-likeness (QED) is 0.829. The van der Waals surface area contributed by atoms with E-state index in [1.54, 1.807) is 11.3 Å². The Morgan fingerprint density at radius 1 is 1.57 bits per heavy atom. The summed E-state index contributed by atoms with van der Waals surface area (Å²) in [4.78, 5) is 0. The molecule has 0 saturated heterocycles. The summed E-state index contributed by atoms with van der Waals surface area (Å²) < 4.78 is 0.565. The molecule has 0 amide bonds. The van der Waals surface area contributed by atoms with Crippen LogP contribution in [-0.2, 0) is 6.54 Å². The molecular weight excluding hydrogens is 210 g/mol. The van der Waals surface area contributed by atoms with Gasteiger partial charge in [0.15, 0.2) is 0 Å². The van der Waals surface area contributed by atoms with Gasteiger partial charge in [-0.3, -0.25) is 0 Å². The minimum Gasteiger partial charge on any atom is -0.311 e. The van der Waals surface area contributed by atoms with Gasteiger partial charge in [0.1, 0.15) is 0 Å². The van der Waals surface area contributed by atoms with E-state index in [1.807, 2.05) is 11.8 Å². The molecule has 1 N–H and O–H groups in total. The lowest BCUT2D eigenvalue weighted by atomic mass is 9.84. The molecule has 1 fully saturated rings. The monoisotopic (exact) mass is 227 g/mol. The highest BCUT2D eigenvalue weighted by Crippen LogP contribution is 2.42. The summed E-state index contributed by atoms with van der Waals surface area (Å²) in [5, 5.41) is 7.93. The number of hydrogen-bond acceptors (Lipinski definition) is 3. The Kier molecular flexibility index (Phi) is 3.52. The summed E-state index contributed by atoms with van der Waals surface area (Å²) in [7, 11) is 0. The van der Waals surface area contributed by atoms with Crippen molar-refractivity contribution in [3.05, 3.63) is 22.4 Å². The van der Waals surface area contributed by atoms with E-state index in [-0.39, 0.29) is 0 Å². The van der Waals surface area contributed by atoms with Crippen LogP contribution in [0.1, 0.15) is 24.8 Å². The van der Waals surface area contributed by atoms with Gasteiger partial charge in [0.2, 0.25) is 0 Å². The zero-order valence-corrected chi connectivity index (χ0v) is 10.2. The van der Waals surface area contributed by atoms with Crippen LogP contribution in [0, 0.1) is 0 Å². The Morgan fingerprint density at radius 3 is 2.93 bits per heavy atom. The predicted octanol–water partition coefficient (Wildman–Crippen LogP) is 3.12. The third kappa shape index (κ3) is 2.33. The maximum atomic E-state index is 3.57. The molecule has 1 heterocycles. The number of rotatable bonds is 5. The Balaban J connectivity index is 1.72. The van der Waals surface area contributed by atoms with Gasteiger partial charge in [-0.25, -0.2) is 0 Å². The van der Waals surface area contributed by atoms with Crippen molar-refractivity contribution >= 4 is 23.1 Å². The summed E-state index contributed by atoms with van der Waals surface area (Å²) in [6.07, 6.45) is 6.45. The predicted molar refractivity (Wildman–Crippen MR) is 66.1 cm³/mol. The topological polar surface area (TPSA) is 12.0 Å². The molecule has 0 aromatic carbocycles. The van der Waals surface area contributed by atoms with Gasteiger partial charge in [-0.05, 0) is 41.5 Å². The van der Waals surface area contributed by atoms with Crippen LogP contribution in [0.3, 0.4) is 0 Å². The highest BCUT2D eigenvalue weighted by atomic mass is 32.2. The smallest absolute Gasteiger partial charge is 0.0281 e. The van der Waals surface area contributed by atoms with Crippen LogP contribution < -0.4 is 5.32 Å². The summed E-state index contributed by atoms with van der Waals surface area (Å²) >= 11 is 3.81. The fourth-order valence-electron chi connectivity index (χ4n) is 1.85. The van der Waals surface area contributed by atoms with E-state index >= 15 is 0 Å². The van der Waals surface area contributed by atoms with Crippen LogP contribution in [0.25, 0.3) is 0 Å². The van der Waals surface area contributed by atoms with Gasteiger partial charge < -0.3 is 5.32 Å². The van der Waals surface area contributed by atoms with Crippen molar-refractivity contribution in [3.63, 3.8) is 0 Å². The molecule has 0 spiro atoms. The highest BCUT2D eigenvalue weighted by Gasteiger charge is 2.35. The Hall–Kier alpha value is 0.01000. The first kappa shape index (κ1) is 10.5. The number of thioether (sulfide) groups is 1. The van der Waals surface area contributed by atoms with Crippen LogP contribution in [0.2, 0.25) is 0 Å². The lowest BCUT2D eigenvalue weighted by molar-refractivity contribution is 0.345. The maximum Gasteiger partial charge on any atom is 0.0281 e. The third-order valence-corrected chi connectivity index (χ3v) is 5.20. The van der Waals surface area contributed by atoms with Gasteiger partial charge in [-0.1, -0.05) is 6.42 Å². The molecule has 0 bridgehead atoms. The van der Waals surface area contributed by atoms with E-state index in [0.717, 1.165) is 6.54 Å². The molecule has 1 saturated carbocycles. The third-order valence-electron chi connectivity index (χ3n) is 3.05. The molecular formula is C11H17NS2. The van der Waals surface area contributed by atoms with Crippen molar-refractivity contribution in [3.8, 4) is 0 Å². The largest absolute Gasteiger partial charge is 0.311 e. The fraction of sp³-hybridized carbons (Fsp3) is 0.636. The van der Waals surface area contributed by atoms with E-state index in [4.69, 9.17) is 0 Å². The van der Waals surface area contributed by atoms with E-state index in [2.05, 4.69) is 28.4 Å². The van der Waals surface area contributed by atoms with Gasteiger partial charge in [0, 0.05) is 17.8 Å². The fourth-order valence-corrected chi connectivity index (χ4v) is 3.46. The van der Waals surface area contributed by atoms with Crippen molar-refractivity contribution < 1.29 is 0 Å². The molecule has 1 nitrogen and oxygen atoms in total. The van der Waals surface area contributed by atoms with Crippen LogP contribution >= 0.6 is 23.1 Å². The first-order valence-electron chi connectivity index (χ1n) is 5.12. The van der Waals surface area contributed by atoms with Crippen molar-refractivity contribution in [2.24, 2.45) is 0 Å². The van der Waals surface area contributed by atoms with E-state index < -0.39 is 0 Å². The van der Waals surface area contributed by atoms with E-state index in [1.165, 1.54) is 31.4 Å².